The quantitative estimate of drug-likeness (QED) is 0.0204. The molecule has 0 bridgehead atoms. The minimum absolute atomic E-state index is 0.241. The summed E-state index contributed by atoms with van der Waals surface area (Å²) < 4.78 is 22.9. The summed E-state index contributed by atoms with van der Waals surface area (Å²) in [5.41, 5.74) is 0. The Kier molecular flexibility index (Phi) is 63.7. The molecule has 2 rings (SSSR count). The Morgan fingerprint density at radius 1 is 0.370 bits per heavy atom. The van der Waals surface area contributed by atoms with Gasteiger partial charge in [-0.1, -0.05) is 354 Å². The summed E-state index contributed by atoms with van der Waals surface area (Å²) in [5, 5.41) is 87.8. The highest BCUT2D eigenvalue weighted by atomic mass is 16.7. The molecule has 0 aromatic heterocycles. The molecule has 2 fully saturated rings. The third-order valence-electron chi connectivity index (χ3n) is 19.5. The van der Waals surface area contributed by atoms with E-state index < -0.39 is 86.8 Å². The molecule has 1 amide bonds. The van der Waals surface area contributed by atoms with Crippen LogP contribution >= 0.6 is 0 Å². The van der Waals surface area contributed by atoms with E-state index >= 15 is 0 Å². The molecule has 12 unspecified atom stereocenters. The number of ether oxygens (including phenoxy) is 4. The van der Waals surface area contributed by atoms with Crippen molar-refractivity contribution in [2.45, 2.75) is 408 Å². The van der Waals surface area contributed by atoms with Crippen LogP contribution < -0.4 is 5.32 Å². The van der Waals surface area contributed by atoms with E-state index in [1.54, 1.807) is 6.08 Å². The number of unbranched alkanes of at least 4 members (excludes halogenated alkanes) is 39. The van der Waals surface area contributed by atoms with Crippen molar-refractivity contribution in [1.29, 1.82) is 0 Å². The molecule has 100 heavy (non-hydrogen) atoms. The highest BCUT2D eigenvalue weighted by molar-refractivity contribution is 5.76. The molecular weight excluding hydrogens is 1250 g/mol. The van der Waals surface area contributed by atoms with Crippen molar-refractivity contribution >= 4 is 5.91 Å². The molecule has 0 spiro atoms. The van der Waals surface area contributed by atoms with E-state index in [2.05, 4.69) is 116 Å². The minimum Gasteiger partial charge on any atom is -0.394 e. The summed E-state index contributed by atoms with van der Waals surface area (Å²) >= 11 is 0. The zero-order chi connectivity index (χ0) is 72.2. The first-order valence-corrected chi connectivity index (χ1v) is 41.1. The second-order valence-corrected chi connectivity index (χ2v) is 28.5. The van der Waals surface area contributed by atoms with Crippen LogP contribution in [0.25, 0.3) is 0 Å². The smallest absolute Gasteiger partial charge is 0.220 e. The van der Waals surface area contributed by atoms with Crippen LogP contribution in [0, 0.1) is 0 Å². The average molecular weight is 1410 g/mol. The van der Waals surface area contributed by atoms with Gasteiger partial charge in [-0.2, -0.15) is 0 Å². The fourth-order valence-corrected chi connectivity index (χ4v) is 13.0. The number of nitrogens with one attached hydrogen (secondary N) is 1. The van der Waals surface area contributed by atoms with Crippen molar-refractivity contribution in [2.24, 2.45) is 0 Å². The summed E-state index contributed by atoms with van der Waals surface area (Å²) in [4.78, 5) is 13.4. The van der Waals surface area contributed by atoms with Gasteiger partial charge in [0.2, 0.25) is 5.91 Å². The third kappa shape index (κ3) is 50.9. The SMILES string of the molecule is CC/C=C\C/C=C\C/C=C\C/C=C\C/C=C\C/C=C\C/C=C\C/C=C\CCCCCCCCCCCCCCC(=O)NC(COC1OC(CO)C(OC2OC(CO)C(O)C(O)C2O)C(O)C1O)C(O)/C=C/CCCCCCCCCCCCCCCCCCCCCCCCCCCCC. The van der Waals surface area contributed by atoms with Crippen LogP contribution in [0.1, 0.15) is 335 Å². The first-order chi connectivity index (χ1) is 49.1. The molecular formula is C86H151NO13. The molecule has 0 aromatic carbocycles. The van der Waals surface area contributed by atoms with Gasteiger partial charge in [-0.05, 0) is 83.5 Å². The van der Waals surface area contributed by atoms with Gasteiger partial charge in [-0.15, -0.1) is 0 Å². The molecule has 0 aromatic rings. The Hall–Kier alpha value is -3.35. The van der Waals surface area contributed by atoms with E-state index in [0.29, 0.717) is 6.42 Å². The third-order valence-corrected chi connectivity index (χ3v) is 19.5. The lowest BCUT2D eigenvalue weighted by molar-refractivity contribution is -0.359. The van der Waals surface area contributed by atoms with Gasteiger partial charge < -0.3 is 65.1 Å². The second-order valence-electron chi connectivity index (χ2n) is 28.5. The predicted octanol–water partition coefficient (Wildman–Crippen LogP) is 19.0. The first kappa shape index (κ1) is 92.7. The van der Waals surface area contributed by atoms with Crippen LogP contribution in [-0.2, 0) is 23.7 Å². The summed E-state index contributed by atoms with van der Waals surface area (Å²) in [6, 6.07) is -0.924. The predicted molar refractivity (Wildman–Crippen MR) is 415 cm³/mol. The molecule has 9 N–H and O–H groups in total. The lowest BCUT2D eigenvalue weighted by atomic mass is 9.97. The number of aliphatic hydroxyl groups excluding tert-OH is 8. The van der Waals surface area contributed by atoms with E-state index in [0.717, 1.165) is 96.3 Å². The second kappa shape index (κ2) is 68.7. The van der Waals surface area contributed by atoms with Crippen molar-refractivity contribution in [3.05, 3.63) is 109 Å². The molecule has 12 atom stereocenters. The van der Waals surface area contributed by atoms with Gasteiger partial charge in [0, 0.05) is 6.42 Å². The average Bonchev–Trinajstić information content (AvgIpc) is 0.791. The number of allylic oxidation sites excluding steroid dienone is 17. The molecule has 2 aliphatic heterocycles. The van der Waals surface area contributed by atoms with Crippen molar-refractivity contribution in [1.82, 2.24) is 5.32 Å². The lowest BCUT2D eigenvalue weighted by Gasteiger charge is -2.46. The molecule has 2 heterocycles. The highest BCUT2D eigenvalue weighted by Gasteiger charge is 2.51. The Morgan fingerprint density at radius 3 is 1.06 bits per heavy atom. The number of carbonyl (C=O) groups excluding carboxylic acids is 1. The topological polar surface area (TPSA) is 228 Å². The monoisotopic (exact) mass is 1410 g/mol. The van der Waals surface area contributed by atoms with E-state index in [-0.39, 0.29) is 18.9 Å². The number of hydrogen-bond acceptors (Lipinski definition) is 13. The van der Waals surface area contributed by atoms with E-state index in [1.165, 1.54) is 212 Å². The van der Waals surface area contributed by atoms with Crippen LogP contribution in [0.4, 0.5) is 0 Å². The fraction of sp³-hybridized carbons (Fsp3) is 0.779. The van der Waals surface area contributed by atoms with Gasteiger partial charge >= 0.3 is 0 Å². The summed E-state index contributed by atoms with van der Waals surface area (Å²) in [5.74, 6) is -0.241. The van der Waals surface area contributed by atoms with Gasteiger partial charge in [-0.3, -0.25) is 4.79 Å². The van der Waals surface area contributed by atoms with Crippen LogP contribution in [0.15, 0.2) is 109 Å². The Balaban J connectivity index is 1.62. The fourth-order valence-electron chi connectivity index (χ4n) is 13.0. The molecule has 2 saturated heterocycles. The van der Waals surface area contributed by atoms with Crippen LogP contribution in [0.3, 0.4) is 0 Å². The largest absolute Gasteiger partial charge is 0.394 e. The maximum Gasteiger partial charge on any atom is 0.220 e. The molecule has 0 saturated carbocycles. The van der Waals surface area contributed by atoms with Crippen molar-refractivity contribution in [2.75, 3.05) is 19.8 Å². The lowest BCUT2D eigenvalue weighted by Crippen LogP contribution is -2.65. The maximum absolute atomic E-state index is 13.4. The standard InChI is InChI=1S/C86H151NO13/c1-3-5-7-9-11-13-15-17-19-21-23-25-27-29-31-33-34-35-36-37-38-39-40-42-44-46-48-50-52-54-56-58-60-62-64-66-68-70-78(91)87-74(73-97-85-83(96)81(94)84(77(72-89)99-85)100-86-82(95)80(93)79(92)76(71-88)98-86)75(90)69-67-65-63-61-59-57-55-53-51-49-47-45-43-41-32-30-28-26-24-22-20-18-16-14-12-10-8-6-4-2/h5,7,11,13,17,19,23,25,29,31,34-35,37-38,40,42,67,69,74-77,79-86,88-90,92-96H,3-4,6,8-10,12,14-16,18,20-22,24,26-28,30,32-33,36,39,41,43-66,68,70-73H2,1-2H3,(H,87,91)/b7-5-,13-11-,19-17-,25-23-,31-29-,35-34-,38-37-,42-40-,69-67+. The normalized spacial score (nSPS) is 22.4. The van der Waals surface area contributed by atoms with Crippen LogP contribution in [0.5, 0.6) is 0 Å². The number of hydrogen-bond donors (Lipinski definition) is 9. The van der Waals surface area contributed by atoms with Crippen molar-refractivity contribution in [3.8, 4) is 0 Å². The molecule has 578 valence electrons. The van der Waals surface area contributed by atoms with Crippen LogP contribution in [-0.4, -0.2) is 140 Å². The zero-order valence-corrected chi connectivity index (χ0v) is 63.4. The highest BCUT2D eigenvalue weighted by Crippen LogP contribution is 2.30. The molecule has 0 radical (unpaired) electrons. The molecule has 0 aliphatic carbocycles. The molecule has 14 nitrogen and oxygen atoms in total. The number of carbonyl (C=O) groups is 1. The van der Waals surface area contributed by atoms with Gasteiger partial charge in [0.1, 0.15) is 48.8 Å². The summed E-state index contributed by atoms with van der Waals surface area (Å²) in [6.07, 6.45) is 83.0. The van der Waals surface area contributed by atoms with Crippen LogP contribution in [0.2, 0.25) is 0 Å². The van der Waals surface area contributed by atoms with Gasteiger partial charge in [-0.25, -0.2) is 0 Å². The summed E-state index contributed by atoms with van der Waals surface area (Å²) in [6.45, 7) is 2.72. The Morgan fingerprint density at radius 2 is 0.690 bits per heavy atom. The molecule has 14 heteroatoms. The number of aliphatic hydroxyl groups is 8. The van der Waals surface area contributed by atoms with Gasteiger partial charge in [0.25, 0.3) is 0 Å². The maximum atomic E-state index is 13.4. The van der Waals surface area contributed by atoms with Gasteiger partial charge in [0.05, 0.1) is 32.0 Å². The van der Waals surface area contributed by atoms with E-state index in [9.17, 15) is 45.6 Å². The summed E-state index contributed by atoms with van der Waals surface area (Å²) in [7, 11) is 0. The van der Waals surface area contributed by atoms with Crippen molar-refractivity contribution < 1.29 is 64.6 Å². The van der Waals surface area contributed by atoms with E-state index in [4.69, 9.17) is 18.9 Å². The minimum atomic E-state index is -1.79. The first-order valence-electron chi connectivity index (χ1n) is 41.1. The zero-order valence-electron chi connectivity index (χ0n) is 63.4. The Bertz CT molecular complexity index is 2100. The number of amides is 1. The van der Waals surface area contributed by atoms with Crippen molar-refractivity contribution in [3.63, 3.8) is 0 Å². The Labute approximate surface area is 610 Å². The van der Waals surface area contributed by atoms with Gasteiger partial charge in [0.15, 0.2) is 12.6 Å². The number of rotatable bonds is 68. The molecule has 2 aliphatic rings. The van der Waals surface area contributed by atoms with E-state index in [1.807, 2.05) is 6.08 Å².